The first-order valence-corrected chi connectivity index (χ1v) is 8.69. The summed E-state index contributed by atoms with van der Waals surface area (Å²) in [5.41, 5.74) is 1.25. The lowest BCUT2D eigenvalue weighted by atomic mass is 10.2. The molecular weight excluding hydrogens is 312 g/mol. The number of hydrogen-bond donors (Lipinski definition) is 0. The van der Waals surface area contributed by atoms with Gasteiger partial charge in [-0.25, -0.2) is 4.98 Å². The van der Waals surface area contributed by atoms with Crippen molar-refractivity contribution in [3.05, 3.63) is 41.1 Å². The van der Waals surface area contributed by atoms with E-state index in [-0.39, 0.29) is 6.10 Å². The van der Waals surface area contributed by atoms with Crippen LogP contribution in [0.3, 0.4) is 0 Å². The van der Waals surface area contributed by atoms with Crippen molar-refractivity contribution in [2.45, 2.75) is 38.8 Å². The molecule has 0 unspecified atom stereocenters. The van der Waals surface area contributed by atoms with Crippen molar-refractivity contribution in [2.24, 2.45) is 0 Å². The number of thiophene rings is 1. The van der Waals surface area contributed by atoms with Crippen molar-refractivity contribution in [1.29, 1.82) is 0 Å². The maximum absolute atomic E-state index is 5.57. The molecule has 0 N–H and O–H groups in total. The van der Waals surface area contributed by atoms with Crippen LogP contribution in [-0.2, 0) is 17.7 Å². The minimum atomic E-state index is -0.0196. The summed E-state index contributed by atoms with van der Waals surface area (Å²) in [6.45, 7) is 3.66. The van der Waals surface area contributed by atoms with E-state index in [1.165, 1.54) is 10.4 Å². The van der Waals surface area contributed by atoms with E-state index in [2.05, 4.69) is 38.1 Å². The first-order chi connectivity index (χ1) is 11.3. The third-order valence-electron chi connectivity index (χ3n) is 4.05. The van der Waals surface area contributed by atoms with E-state index in [0.29, 0.717) is 12.3 Å². The predicted octanol–water partition coefficient (Wildman–Crippen LogP) is 3.40. The maximum Gasteiger partial charge on any atom is 0.255 e. The standard InChI is InChI=1S/C16H18N4O2S/c1-11-5-10-23-14(11)15-17-6-8-20(15)7-4-13-18-16(22-19-13)12-3-2-9-21-12/h5-6,8,10,12H,2-4,7,9H2,1H3/t12-/m1/s1. The molecule has 0 spiro atoms. The van der Waals surface area contributed by atoms with Gasteiger partial charge in [-0.2, -0.15) is 4.98 Å². The first-order valence-electron chi connectivity index (χ1n) is 7.81. The Labute approximate surface area is 138 Å². The van der Waals surface area contributed by atoms with Crippen molar-refractivity contribution >= 4 is 11.3 Å². The molecule has 3 aromatic heterocycles. The zero-order valence-electron chi connectivity index (χ0n) is 12.9. The van der Waals surface area contributed by atoms with Crippen LogP contribution in [-0.4, -0.2) is 26.3 Å². The number of hydrogen-bond acceptors (Lipinski definition) is 6. The Morgan fingerprint density at radius 1 is 1.43 bits per heavy atom. The third-order valence-corrected chi connectivity index (χ3v) is 5.06. The lowest BCUT2D eigenvalue weighted by Gasteiger charge is -2.05. The van der Waals surface area contributed by atoms with Crippen molar-refractivity contribution in [2.75, 3.05) is 6.61 Å². The van der Waals surface area contributed by atoms with Crippen LogP contribution in [0.25, 0.3) is 10.7 Å². The van der Waals surface area contributed by atoms with Gasteiger partial charge in [0.2, 0.25) is 0 Å². The first kappa shape index (κ1) is 14.6. The Morgan fingerprint density at radius 3 is 3.17 bits per heavy atom. The molecule has 23 heavy (non-hydrogen) atoms. The Balaban J connectivity index is 1.46. The molecule has 120 valence electrons. The summed E-state index contributed by atoms with van der Waals surface area (Å²) in [6.07, 6.45) is 6.54. The highest BCUT2D eigenvalue weighted by Crippen LogP contribution is 2.28. The van der Waals surface area contributed by atoms with Gasteiger partial charge in [-0.05, 0) is 36.8 Å². The highest BCUT2D eigenvalue weighted by molar-refractivity contribution is 7.13. The molecule has 4 rings (SSSR count). The van der Waals surface area contributed by atoms with Crippen molar-refractivity contribution in [3.8, 4) is 10.7 Å². The van der Waals surface area contributed by atoms with Gasteiger partial charge in [0, 0.05) is 32.0 Å². The molecule has 1 aliphatic rings. The smallest absolute Gasteiger partial charge is 0.255 e. The van der Waals surface area contributed by atoms with E-state index in [4.69, 9.17) is 9.26 Å². The van der Waals surface area contributed by atoms with Crippen LogP contribution in [0.4, 0.5) is 0 Å². The largest absolute Gasteiger partial charge is 0.368 e. The Bertz CT molecular complexity index is 785. The molecule has 1 fully saturated rings. The fourth-order valence-electron chi connectivity index (χ4n) is 2.79. The van der Waals surface area contributed by atoms with E-state index >= 15 is 0 Å². The number of nitrogens with zero attached hydrogens (tertiary/aromatic N) is 4. The average Bonchev–Trinajstić information content (AvgIpc) is 3.32. The minimum absolute atomic E-state index is 0.0196. The van der Waals surface area contributed by atoms with E-state index in [0.717, 1.165) is 37.6 Å². The van der Waals surface area contributed by atoms with Crippen LogP contribution < -0.4 is 0 Å². The van der Waals surface area contributed by atoms with Gasteiger partial charge in [-0.1, -0.05) is 5.16 Å². The van der Waals surface area contributed by atoms with Gasteiger partial charge in [0.1, 0.15) is 11.9 Å². The quantitative estimate of drug-likeness (QED) is 0.717. The van der Waals surface area contributed by atoms with Gasteiger partial charge in [-0.15, -0.1) is 11.3 Å². The maximum atomic E-state index is 5.57. The second-order valence-electron chi connectivity index (χ2n) is 5.68. The number of rotatable bonds is 5. The van der Waals surface area contributed by atoms with Crippen LogP contribution in [0.2, 0.25) is 0 Å². The molecule has 0 saturated carbocycles. The average molecular weight is 330 g/mol. The fraction of sp³-hybridized carbons (Fsp3) is 0.438. The van der Waals surface area contributed by atoms with E-state index < -0.39 is 0 Å². The molecule has 1 saturated heterocycles. The summed E-state index contributed by atoms with van der Waals surface area (Å²) in [5, 5.41) is 6.17. The predicted molar refractivity (Wildman–Crippen MR) is 86.2 cm³/mol. The number of ether oxygens (including phenoxy) is 1. The zero-order valence-corrected chi connectivity index (χ0v) is 13.8. The Kier molecular flexibility index (Phi) is 3.97. The monoisotopic (exact) mass is 330 g/mol. The molecule has 0 aromatic carbocycles. The normalized spacial score (nSPS) is 17.9. The van der Waals surface area contributed by atoms with E-state index in [1.807, 2.05) is 12.4 Å². The molecule has 0 radical (unpaired) electrons. The highest BCUT2D eigenvalue weighted by Gasteiger charge is 2.23. The van der Waals surface area contributed by atoms with Crippen LogP contribution in [0.1, 0.15) is 36.2 Å². The molecule has 0 amide bonds. The number of aromatic nitrogens is 4. The van der Waals surface area contributed by atoms with E-state index in [1.54, 1.807) is 11.3 Å². The van der Waals surface area contributed by atoms with Crippen LogP contribution in [0.5, 0.6) is 0 Å². The van der Waals surface area contributed by atoms with Gasteiger partial charge >= 0.3 is 0 Å². The summed E-state index contributed by atoms with van der Waals surface area (Å²) in [4.78, 5) is 10.2. The summed E-state index contributed by atoms with van der Waals surface area (Å²) >= 11 is 1.71. The summed E-state index contributed by atoms with van der Waals surface area (Å²) in [5.74, 6) is 2.33. The summed E-state index contributed by atoms with van der Waals surface area (Å²) in [6, 6.07) is 2.12. The van der Waals surface area contributed by atoms with Crippen LogP contribution in [0, 0.1) is 6.92 Å². The molecule has 6 nitrogen and oxygen atoms in total. The molecule has 0 bridgehead atoms. The number of imidazole rings is 1. The van der Waals surface area contributed by atoms with E-state index in [9.17, 15) is 0 Å². The molecule has 1 aliphatic heterocycles. The van der Waals surface area contributed by atoms with Crippen LogP contribution >= 0.6 is 11.3 Å². The molecule has 7 heteroatoms. The molecule has 3 aromatic rings. The van der Waals surface area contributed by atoms with Gasteiger partial charge < -0.3 is 13.8 Å². The van der Waals surface area contributed by atoms with Gasteiger partial charge in [0.25, 0.3) is 5.89 Å². The fourth-order valence-corrected chi connectivity index (χ4v) is 3.73. The van der Waals surface area contributed by atoms with Gasteiger partial charge in [0.05, 0.1) is 4.88 Å². The molecule has 1 atom stereocenters. The topological polar surface area (TPSA) is 66.0 Å². The molecule has 4 heterocycles. The third kappa shape index (κ3) is 2.94. The minimum Gasteiger partial charge on any atom is -0.368 e. The Morgan fingerprint density at radius 2 is 2.39 bits per heavy atom. The van der Waals surface area contributed by atoms with Gasteiger partial charge in [0.15, 0.2) is 5.82 Å². The zero-order chi connectivity index (χ0) is 15.6. The lowest BCUT2D eigenvalue weighted by Crippen LogP contribution is -2.04. The summed E-state index contributed by atoms with van der Waals surface area (Å²) in [7, 11) is 0. The molecule has 0 aliphatic carbocycles. The van der Waals surface area contributed by atoms with Crippen molar-refractivity contribution in [1.82, 2.24) is 19.7 Å². The van der Waals surface area contributed by atoms with Gasteiger partial charge in [-0.3, -0.25) is 0 Å². The Hall–Kier alpha value is -1.99. The second kappa shape index (κ2) is 6.25. The second-order valence-corrected chi connectivity index (χ2v) is 6.59. The lowest BCUT2D eigenvalue weighted by molar-refractivity contribution is 0.0835. The van der Waals surface area contributed by atoms with Crippen molar-refractivity contribution < 1.29 is 9.26 Å². The van der Waals surface area contributed by atoms with Crippen molar-refractivity contribution in [3.63, 3.8) is 0 Å². The SMILES string of the molecule is Cc1ccsc1-c1nccn1CCc1noc([C@H]2CCCO2)n1. The highest BCUT2D eigenvalue weighted by atomic mass is 32.1. The summed E-state index contributed by atoms with van der Waals surface area (Å²) < 4.78 is 13.0. The van der Waals surface area contributed by atoms with Crippen LogP contribution in [0.15, 0.2) is 28.4 Å². The molecular formula is C16H18N4O2S. The number of aryl methyl sites for hydroxylation is 3.